The summed E-state index contributed by atoms with van der Waals surface area (Å²) in [4.78, 5) is 14.2. The van der Waals surface area contributed by atoms with Gasteiger partial charge in [-0.05, 0) is 25.3 Å². The van der Waals surface area contributed by atoms with Crippen LogP contribution in [0.1, 0.15) is 18.9 Å². The third-order valence-electron chi connectivity index (χ3n) is 3.65. The van der Waals surface area contributed by atoms with Gasteiger partial charge in [-0.3, -0.25) is 9.69 Å². The number of methoxy groups -OCH3 is 1. The molecule has 19 heavy (non-hydrogen) atoms. The number of esters is 1. The molecule has 1 atom stereocenters. The summed E-state index contributed by atoms with van der Waals surface area (Å²) >= 11 is 0. The van der Waals surface area contributed by atoms with Gasteiger partial charge in [-0.15, -0.1) is 0 Å². The predicted molar refractivity (Wildman–Crippen MR) is 75.9 cm³/mol. The van der Waals surface area contributed by atoms with Crippen LogP contribution in [0.4, 0.5) is 0 Å². The first kappa shape index (κ1) is 13.8. The van der Waals surface area contributed by atoms with E-state index in [0.29, 0.717) is 6.42 Å². The zero-order valence-electron chi connectivity index (χ0n) is 11.6. The van der Waals surface area contributed by atoms with E-state index >= 15 is 0 Å². The minimum absolute atomic E-state index is 0.142. The molecule has 0 saturated carbocycles. The highest BCUT2D eigenvalue weighted by Gasteiger charge is 2.27. The number of carbonyl (C=O) groups excluding carboxylic acids is 1. The van der Waals surface area contributed by atoms with Gasteiger partial charge in [0, 0.05) is 13.1 Å². The molecule has 0 spiro atoms. The van der Waals surface area contributed by atoms with Gasteiger partial charge in [0.25, 0.3) is 0 Å². The highest BCUT2D eigenvalue weighted by atomic mass is 16.5. The van der Waals surface area contributed by atoms with Gasteiger partial charge in [0.05, 0.1) is 7.11 Å². The van der Waals surface area contributed by atoms with Gasteiger partial charge >= 0.3 is 5.97 Å². The van der Waals surface area contributed by atoms with Crippen molar-refractivity contribution >= 4 is 5.97 Å². The Kier molecular flexibility index (Phi) is 4.74. The summed E-state index contributed by atoms with van der Waals surface area (Å²) < 4.78 is 4.96. The Morgan fingerprint density at radius 3 is 2.68 bits per heavy atom. The highest BCUT2D eigenvalue weighted by molar-refractivity contribution is 5.76. The number of rotatable bonds is 4. The Bertz CT molecular complexity index is 453. The van der Waals surface area contributed by atoms with Crippen molar-refractivity contribution in [1.82, 2.24) is 4.90 Å². The predicted octanol–water partition coefficient (Wildman–Crippen LogP) is 2.42. The third kappa shape index (κ3) is 3.67. The van der Waals surface area contributed by atoms with Crippen LogP contribution in [0.15, 0.2) is 42.0 Å². The molecule has 1 aliphatic rings. The molecule has 3 nitrogen and oxygen atoms in total. The van der Waals surface area contributed by atoms with Crippen LogP contribution in [-0.4, -0.2) is 37.1 Å². The standard InChI is InChI=1S/C16H21NO2/c1-13-8-10-17(11-9-13)15(16(18)19-2)12-14-6-4-3-5-7-14/h3-8,15H,9-12H2,1-2H3/t15-/m0/s1. The SMILES string of the molecule is COC(=O)[C@H](Cc1ccccc1)N1CC=C(C)CC1. The van der Waals surface area contributed by atoms with Crippen LogP contribution < -0.4 is 0 Å². The van der Waals surface area contributed by atoms with Crippen molar-refractivity contribution < 1.29 is 9.53 Å². The van der Waals surface area contributed by atoms with Crippen LogP contribution in [0.5, 0.6) is 0 Å². The Hall–Kier alpha value is -1.61. The van der Waals surface area contributed by atoms with Crippen LogP contribution in [0.25, 0.3) is 0 Å². The summed E-state index contributed by atoms with van der Waals surface area (Å²) in [5.41, 5.74) is 2.57. The van der Waals surface area contributed by atoms with Crippen LogP contribution in [-0.2, 0) is 16.0 Å². The number of nitrogens with zero attached hydrogens (tertiary/aromatic N) is 1. The largest absolute Gasteiger partial charge is 0.468 e. The summed E-state index contributed by atoms with van der Waals surface area (Å²) in [6.45, 7) is 3.90. The van der Waals surface area contributed by atoms with E-state index in [9.17, 15) is 4.79 Å². The molecule has 1 aromatic rings. The summed E-state index contributed by atoms with van der Waals surface area (Å²) in [5, 5.41) is 0. The molecule has 0 aromatic heterocycles. The van der Waals surface area contributed by atoms with Crippen LogP contribution in [0.2, 0.25) is 0 Å². The van der Waals surface area contributed by atoms with E-state index in [1.54, 1.807) is 0 Å². The molecule has 102 valence electrons. The lowest BCUT2D eigenvalue weighted by Crippen LogP contribution is -2.45. The summed E-state index contributed by atoms with van der Waals surface area (Å²) in [5.74, 6) is -0.142. The number of carbonyl (C=O) groups is 1. The van der Waals surface area contributed by atoms with Crippen LogP contribution in [0.3, 0.4) is 0 Å². The van der Waals surface area contributed by atoms with Gasteiger partial charge in [0.15, 0.2) is 0 Å². The van der Waals surface area contributed by atoms with Gasteiger partial charge in [0.2, 0.25) is 0 Å². The lowest BCUT2D eigenvalue weighted by molar-refractivity contribution is -0.146. The zero-order chi connectivity index (χ0) is 13.7. The van der Waals surface area contributed by atoms with E-state index in [1.165, 1.54) is 18.2 Å². The molecule has 0 N–H and O–H groups in total. The smallest absolute Gasteiger partial charge is 0.323 e. The summed E-state index contributed by atoms with van der Waals surface area (Å²) in [6, 6.07) is 9.93. The Balaban J connectivity index is 2.10. The first-order valence-corrected chi connectivity index (χ1v) is 6.72. The number of benzene rings is 1. The number of hydrogen-bond acceptors (Lipinski definition) is 3. The van der Waals surface area contributed by atoms with Crippen molar-refractivity contribution in [1.29, 1.82) is 0 Å². The van der Waals surface area contributed by atoms with E-state index in [-0.39, 0.29) is 12.0 Å². The topological polar surface area (TPSA) is 29.5 Å². The molecular weight excluding hydrogens is 238 g/mol. The highest BCUT2D eigenvalue weighted by Crippen LogP contribution is 2.16. The third-order valence-corrected chi connectivity index (χ3v) is 3.65. The van der Waals surface area contributed by atoms with Crippen molar-refractivity contribution in [2.45, 2.75) is 25.8 Å². The maximum Gasteiger partial charge on any atom is 0.323 e. The molecule has 0 amide bonds. The Morgan fingerprint density at radius 1 is 1.37 bits per heavy atom. The molecule has 0 fully saturated rings. The van der Waals surface area contributed by atoms with E-state index in [4.69, 9.17) is 4.74 Å². The second-order valence-corrected chi connectivity index (χ2v) is 5.02. The number of ether oxygens (including phenoxy) is 1. The minimum atomic E-state index is -0.184. The average Bonchev–Trinajstić information content (AvgIpc) is 2.46. The van der Waals surface area contributed by atoms with E-state index in [2.05, 4.69) is 30.0 Å². The lowest BCUT2D eigenvalue weighted by atomic mass is 10.0. The normalized spacial score (nSPS) is 17.7. The molecule has 0 aliphatic carbocycles. The number of hydrogen-bond donors (Lipinski definition) is 0. The minimum Gasteiger partial charge on any atom is -0.468 e. The van der Waals surface area contributed by atoms with Crippen LogP contribution in [0, 0.1) is 0 Å². The van der Waals surface area contributed by atoms with Gasteiger partial charge in [-0.1, -0.05) is 42.0 Å². The maximum atomic E-state index is 12.0. The second-order valence-electron chi connectivity index (χ2n) is 5.02. The van der Waals surface area contributed by atoms with Gasteiger partial charge in [-0.25, -0.2) is 0 Å². The molecule has 0 unspecified atom stereocenters. The lowest BCUT2D eigenvalue weighted by Gasteiger charge is -2.31. The van der Waals surface area contributed by atoms with E-state index < -0.39 is 0 Å². The zero-order valence-corrected chi connectivity index (χ0v) is 11.6. The molecule has 1 aliphatic heterocycles. The van der Waals surface area contributed by atoms with Gasteiger partial charge in [0.1, 0.15) is 6.04 Å². The first-order valence-electron chi connectivity index (χ1n) is 6.72. The Morgan fingerprint density at radius 2 is 2.11 bits per heavy atom. The van der Waals surface area contributed by atoms with Crippen molar-refractivity contribution in [3.8, 4) is 0 Å². The average molecular weight is 259 g/mol. The molecule has 0 bridgehead atoms. The van der Waals surface area contributed by atoms with Crippen molar-refractivity contribution in [3.05, 3.63) is 47.5 Å². The van der Waals surface area contributed by atoms with Gasteiger partial charge in [-0.2, -0.15) is 0 Å². The fourth-order valence-corrected chi connectivity index (χ4v) is 2.40. The first-order chi connectivity index (χ1) is 9.20. The Labute approximate surface area is 114 Å². The molecule has 0 saturated heterocycles. The molecule has 3 heteroatoms. The summed E-state index contributed by atoms with van der Waals surface area (Å²) in [7, 11) is 1.46. The van der Waals surface area contributed by atoms with E-state index in [0.717, 1.165) is 19.5 Å². The molecule has 0 radical (unpaired) electrons. The van der Waals surface area contributed by atoms with Crippen molar-refractivity contribution in [2.24, 2.45) is 0 Å². The fraction of sp³-hybridized carbons (Fsp3) is 0.438. The van der Waals surface area contributed by atoms with Gasteiger partial charge < -0.3 is 4.74 Å². The monoisotopic (exact) mass is 259 g/mol. The fourth-order valence-electron chi connectivity index (χ4n) is 2.40. The van der Waals surface area contributed by atoms with Crippen molar-refractivity contribution in [3.63, 3.8) is 0 Å². The maximum absolute atomic E-state index is 12.0. The quantitative estimate of drug-likeness (QED) is 0.614. The molecular formula is C16H21NO2. The van der Waals surface area contributed by atoms with E-state index in [1.807, 2.05) is 18.2 Å². The second kappa shape index (κ2) is 6.53. The van der Waals surface area contributed by atoms with Crippen LogP contribution >= 0.6 is 0 Å². The molecule has 2 rings (SSSR count). The summed E-state index contributed by atoms with van der Waals surface area (Å²) in [6.07, 6.45) is 3.94. The molecule has 1 heterocycles. The van der Waals surface area contributed by atoms with Crippen molar-refractivity contribution in [2.75, 3.05) is 20.2 Å². The molecule has 1 aromatic carbocycles.